The molecule has 186 valence electrons. The Balaban J connectivity index is 1.26. The van der Waals surface area contributed by atoms with Crippen LogP contribution < -0.4 is 10.1 Å². The number of fused-ring (bicyclic) bond motifs is 1. The Morgan fingerprint density at radius 3 is 2.92 bits per heavy atom. The van der Waals surface area contributed by atoms with Crippen molar-refractivity contribution in [3.63, 3.8) is 0 Å². The van der Waals surface area contributed by atoms with E-state index in [-0.39, 0.29) is 5.92 Å². The van der Waals surface area contributed by atoms with Crippen LogP contribution in [0.15, 0.2) is 76.1 Å². The van der Waals surface area contributed by atoms with Crippen molar-refractivity contribution in [3.8, 4) is 11.5 Å². The van der Waals surface area contributed by atoms with Crippen molar-refractivity contribution in [2.45, 2.75) is 22.1 Å². The number of aromatic nitrogens is 4. The molecule has 1 aliphatic heterocycles. The Kier molecular flexibility index (Phi) is 6.60. The highest BCUT2D eigenvalue weighted by Gasteiger charge is 2.30. The molecular weight excluding hydrogens is 529 g/mol. The molecular formula is C25H20N6O3S3. The fraction of sp³-hybridized carbons (Fsp3) is 0.160. The Bertz CT molecular complexity index is 1560. The lowest BCUT2D eigenvalue weighted by molar-refractivity contribution is 0.155. The molecule has 0 spiro atoms. The molecule has 1 saturated heterocycles. The number of ether oxygens (including phenoxy) is 1. The summed E-state index contributed by atoms with van der Waals surface area (Å²) in [6, 6.07) is 15.5. The molecule has 9 nitrogen and oxygen atoms in total. The van der Waals surface area contributed by atoms with E-state index < -0.39 is 6.09 Å². The van der Waals surface area contributed by atoms with Gasteiger partial charge in [-0.2, -0.15) is 4.37 Å². The van der Waals surface area contributed by atoms with Gasteiger partial charge in [-0.25, -0.2) is 14.8 Å². The number of nitrogens with one attached hydrogen (secondary N) is 1. The third kappa shape index (κ3) is 5.22. The fourth-order valence-electron chi connectivity index (χ4n) is 4.02. The van der Waals surface area contributed by atoms with Gasteiger partial charge < -0.3 is 20.1 Å². The second kappa shape index (κ2) is 10.3. The predicted octanol–water partition coefficient (Wildman–Crippen LogP) is 6.70. The number of hydrogen-bond acceptors (Lipinski definition) is 10. The molecule has 1 aliphatic rings. The van der Waals surface area contributed by atoms with Crippen LogP contribution in [0.5, 0.6) is 11.5 Å². The molecule has 12 heteroatoms. The molecule has 0 bridgehead atoms. The second-order valence-corrected chi connectivity index (χ2v) is 11.1. The highest BCUT2D eigenvalue weighted by molar-refractivity contribution is 7.99. The molecule has 1 fully saturated rings. The standard InChI is InChI=1S/C25H20N6O3S3/c32-25(33)31-10-7-15(14-31)22-28-24(37-30-22)29-23-19(34-16-4-2-1-3-5-16)12-17(13-27-23)36-20-6-9-26-18-8-11-35-21(18)20/h1-6,8-9,11-13,15H,7,10,14H2,(H,32,33)(H,27,28,29,30). The quantitative estimate of drug-likeness (QED) is 0.229. The lowest BCUT2D eigenvalue weighted by Crippen LogP contribution is -2.26. The summed E-state index contributed by atoms with van der Waals surface area (Å²) in [6.45, 7) is 0.900. The Hall–Kier alpha value is -3.74. The van der Waals surface area contributed by atoms with Crippen LogP contribution in [0.3, 0.4) is 0 Å². The summed E-state index contributed by atoms with van der Waals surface area (Å²) < 4.78 is 11.8. The van der Waals surface area contributed by atoms with Crippen molar-refractivity contribution in [1.82, 2.24) is 24.2 Å². The van der Waals surface area contributed by atoms with Gasteiger partial charge in [-0.3, -0.25) is 4.98 Å². The molecule has 37 heavy (non-hydrogen) atoms. The van der Waals surface area contributed by atoms with Crippen LogP contribution in [0.2, 0.25) is 0 Å². The van der Waals surface area contributed by atoms with E-state index in [9.17, 15) is 9.90 Å². The molecule has 5 aromatic rings. The van der Waals surface area contributed by atoms with E-state index in [4.69, 9.17) is 4.74 Å². The van der Waals surface area contributed by atoms with Gasteiger partial charge in [0.1, 0.15) is 11.6 Å². The third-order valence-corrected chi connectivity index (χ3v) is 8.56. The zero-order valence-corrected chi connectivity index (χ0v) is 21.7. The summed E-state index contributed by atoms with van der Waals surface area (Å²) in [7, 11) is 0. The van der Waals surface area contributed by atoms with Crippen LogP contribution in [0.25, 0.3) is 10.2 Å². The Morgan fingerprint density at radius 2 is 2.08 bits per heavy atom. The second-order valence-electron chi connectivity index (χ2n) is 8.28. The topological polar surface area (TPSA) is 113 Å². The van der Waals surface area contributed by atoms with E-state index in [2.05, 4.69) is 24.6 Å². The zero-order valence-electron chi connectivity index (χ0n) is 19.3. The minimum absolute atomic E-state index is 0.0101. The van der Waals surface area contributed by atoms with Crippen molar-refractivity contribution in [2.24, 2.45) is 0 Å². The molecule has 1 aromatic carbocycles. The van der Waals surface area contributed by atoms with E-state index >= 15 is 0 Å². The number of para-hydroxylation sites is 1. The van der Waals surface area contributed by atoms with Gasteiger partial charge in [-0.1, -0.05) is 30.0 Å². The first-order chi connectivity index (χ1) is 18.1. The van der Waals surface area contributed by atoms with Gasteiger partial charge in [0.2, 0.25) is 5.13 Å². The van der Waals surface area contributed by atoms with E-state index in [0.717, 1.165) is 20.0 Å². The van der Waals surface area contributed by atoms with Gasteiger partial charge in [0.15, 0.2) is 11.6 Å². The molecule has 1 unspecified atom stereocenters. The van der Waals surface area contributed by atoms with Gasteiger partial charge in [0.25, 0.3) is 0 Å². The molecule has 6 rings (SSSR count). The van der Waals surface area contributed by atoms with Gasteiger partial charge in [0, 0.05) is 58.8 Å². The normalized spacial score (nSPS) is 15.2. The smallest absolute Gasteiger partial charge is 0.407 e. The van der Waals surface area contributed by atoms with Gasteiger partial charge >= 0.3 is 6.09 Å². The largest absolute Gasteiger partial charge is 0.465 e. The van der Waals surface area contributed by atoms with Gasteiger partial charge in [-0.05, 0) is 36.1 Å². The maximum absolute atomic E-state index is 11.3. The number of benzene rings is 1. The molecule has 0 radical (unpaired) electrons. The number of amides is 1. The zero-order chi connectivity index (χ0) is 25.2. The molecule has 1 amide bonds. The van der Waals surface area contributed by atoms with E-state index in [1.807, 2.05) is 60.1 Å². The number of carboxylic acid groups (broad SMARTS) is 1. The first-order valence-corrected chi connectivity index (χ1v) is 13.9. The average Bonchev–Trinajstić information content (AvgIpc) is 3.67. The number of rotatable bonds is 7. The summed E-state index contributed by atoms with van der Waals surface area (Å²) in [5.41, 5.74) is 0.975. The van der Waals surface area contributed by atoms with Crippen LogP contribution in [0.1, 0.15) is 18.2 Å². The highest BCUT2D eigenvalue weighted by atomic mass is 32.2. The SMILES string of the molecule is O=C(O)N1CCC(c2nsc(Nc3ncc(Sc4ccnc5ccsc45)cc3Oc3ccccc3)n2)C1. The summed E-state index contributed by atoms with van der Waals surface area (Å²) in [5, 5.41) is 15.1. The maximum Gasteiger partial charge on any atom is 0.407 e. The maximum atomic E-state index is 11.3. The fourth-order valence-corrected chi connectivity index (χ4v) is 6.55. The summed E-state index contributed by atoms with van der Waals surface area (Å²) in [5.74, 6) is 2.40. The molecule has 1 atom stereocenters. The summed E-state index contributed by atoms with van der Waals surface area (Å²) >= 11 is 4.49. The van der Waals surface area contributed by atoms with E-state index in [1.165, 1.54) is 16.4 Å². The Morgan fingerprint density at radius 1 is 1.19 bits per heavy atom. The number of nitrogens with zero attached hydrogens (tertiary/aromatic N) is 5. The third-order valence-electron chi connectivity index (χ3n) is 5.83. The average molecular weight is 549 g/mol. The monoisotopic (exact) mass is 548 g/mol. The van der Waals surface area contributed by atoms with Crippen LogP contribution in [0, 0.1) is 0 Å². The highest BCUT2D eigenvalue weighted by Crippen LogP contribution is 2.39. The number of thiophene rings is 1. The van der Waals surface area contributed by atoms with E-state index in [0.29, 0.717) is 47.8 Å². The van der Waals surface area contributed by atoms with E-state index in [1.54, 1.807) is 29.3 Å². The lowest BCUT2D eigenvalue weighted by Gasteiger charge is -2.12. The number of hydrogen-bond donors (Lipinski definition) is 2. The minimum atomic E-state index is -0.910. The van der Waals surface area contributed by atoms with Crippen LogP contribution in [-0.4, -0.2) is 48.5 Å². The number of anilines is 2. The number of carbonyl (C=O) groups is 1. The van der Waals surface area contributed by atoms with Crippen LogP contribution in [-0.2, 0) is 0 Å². The molecule has 0 saturated carbocycles. The van der Waals surface area contributed by atoms with Gasteiger partial charge in [-0.15, -0.1) is 11.3 Å². The molecule has 2 N–H and O–H groups in total. The van der Waals surface area contributed by atoms with Crippen molar-refractivity contribution in [2.75, 3.05) is 18.4 Å². The van der Waals surface area contributed by atoms with Crippen LogP contribution in [0.4, 0.5) is 15.7 Å². The first kappa shape index (κ1) is 23.6. The number of pyridine rings is 2. The van der Waals surface area contributed by atoms with Gasteiger partial charge in [0.05, 0.1) is 10.2 Å². The first-order valence-electron chi connectivity index (χ1n) is 11.4. The molecule has 0 aliphatic carbocycles. The molecule has 5 heterocycles. The van der Waals surface area contributed by atoms with Crippen molar-refractivity contribution in [1.29, 1.82) is 0 Å². The number of likely N-dealkylation sites (tertiary alicyclic amines) is 1. The summed E-state index contributed by atoms with van der Waals surface area (Å²) in [6.07, 6.45) is 3.41. The molecule has 4 aromatic heterocycles. The predicted molar refractivity (Wildman–Crippen MR) is 145 cm³/mol. The lowest BCUT2D eigenvalue weighted by atomic mass is 10.1. The van der Waals surface area contributed by atoms with Crippen molar-refractivity contribution in [3.05, 3.63) is 72.1 Å². The van der Waals surface area contributed by atoms with Crippen molar-refractivity contribution < 1.29 is 14.6 Å². The Labute approximate surface area is 224 Å². The summed E-state index contributed by atoms with van der Waals surface area (Å²) in [4.78, 5) is 28.4. The minimum Gasteiger partial charge on any atom is -0.465 e. The van der Waals surface area contributed by atoms with Crippen LogP contribution >= 0.6 is 34.6 Å². The van der Waals surface area contributed by atoms with Crippen molar-refractivity contribution >= 4 is 61.9 Å².